The maximum atomic E-state index is 3.76. The zero-order valence-corrected chi connectivity index (χ0v) is 7.30. The lowest BCUT2D eigenvalue weighted by atomic mass is 9.85. The molecule has 0 fully saturated rings. The molecule has 10 heavy (non-hydrogen) atoms. The van der Waals surface area contributed by atoms with E-state index in [-0.39, 0.29) is 0 Å². The van der Waals surface area contributed by atoms with Gasteiger partial charge in [-0.1, -0.05) is 32.9 Å². The third-order valence-corrected chi connectivity index (χ3v) is 2.40. The summed E-state index contributed by atoms with van der Waals surface area (Å²) in [6, 6.07) is 0. The van der Waals surface area contributed by atoms with Crippen molar-refractivity contribution >= 4 is 0 Å². The summed E-state index contributed by atoms with van der Waals surface area (Å²) in [6.07, 6.45) is 4.01. The van der Waals surface area contributed by atoms with Gasteiger partial charge in [0.15, 0.2) is 0 Å². The molecule has 0 spiro atoms. The van der Waals surface area contributed by atoms with Gasteiger partial charge in [-0.05, 0) is 17.8 Å². The third-order valence-electron chi connectivity index (χ3n) is 2.40. The van der Waals surface area contributed by atoms with Crippen LogP contribution < -0.4 is 0 Å². The number of allylic oxidation sites excluding steroid dienone is 2. The fourth-order valence-electron chi connectivity index (χ4n) is 0.908. The number of hydrogen-bond acceptors (Lipinski definition) is 0. The lowest BCUT2D eigenvalue weighted by Gasteiger charge is -2.20. The van der Waals surface area contributed by atoms with E-state index in [4.69, 9.17) is 0 Å². The minimum atomic E-state index is 0.591. The molecular formula is C10H18. The van der Waals surface area contributed by atoms with Crippen molar-refractivity contribution in [3.63, 3.8) is 0 Å². The monoisotopic (exact) mass is 138 g/mol. The molecular weight excluding hydrogens is 120 g/mol. The summed E-state index contributed by atoms with van der Waals surface area (Å²) in [5, 5.41) is 0. The smallest absolute Gasteiger partial charge is 0.0233 e. The quantitative estimate of drug-likeness (QED) is 0.523. The molecule has 0 aliphatic rings. The molecule has 0 aromatic rings. The van der Waals surface area contributed by atoms with E-state index >= 15 is 0 Å². The highest BCUT2D eigenvalue weighted by atomic mass is 14.2. The Morgan fingerprint density at radius 2 is 1.20 bits per heavy atom. The van der Waals surface area contributed by atoms with Gasteiger partial charge in [-0.15, -0.1) is 13.2 Å². The van der Waals surface area contributed by atoms with Gasteiger partial charge in [0, 0.05) is 0 Å². The average molecular weight is 138 g/mol. The molecule has 0 N–H and O–H groups in total. The second kappa shape index (κ2) is 4.32. The van der Waals surface area contributed by atoms with E-state index in [1.807, 2.05) is 12.2 Å². The van der Waals surface area contributed by atoms with E-state index in [1.165, 1.54) is 0 Å². The van der Waals surface area contributed by atoms with Gasteiger partial charge in [-0.25, -0.2) is 0 Å². The van der Waals surface area contributed by atoms with Crippen molar-refractivity contribution in [2.75, 3.05) is 0 Å². The Morgan fingerprint density at radius 1 is 0.900 bits per heavy atom. The van der Waals surface area contributed by atoms with Gasteiger partial charge in [-0.2, -0.15) is 0 Å². The van der Waals surface area contributed by atoms with Gasteiger partial charge < -0.3 is 0 Å². The van der Waals surface area contributed by atoms with E-state index in [1.54, 1.807) is 0 Å². The lowest BCUT2D eigenvalue weighted by Crippen LogP contribution is -2.12. The average Bonchev–Trinajstić information content (AvgIpc) is 2.00. The van der Waals surface area contributed by atoms with Gasteiger partial charge in [0.05, 0.1) is 0 Å². The van der Waals surface area contributed by atoms with Crippen molar-refractivity contribution in [2.24, 2.45) is 17.8 Å². The predicted octanol–water partition coefficient (Wildman–Crippen LogP) is 3.27. The van der Waals surface area contributed by atoms with Crippen LogP contribution in [0, 0.1) is 17.8 Å². The fraction of sp³-hybridized carbons (Fsp3) is 0.600. The van der Waals surface area contributed by atoms with Crippen LogP contribution in [0.2, 0.25) is 0 Å². The minimum Gasteiger partial charge on any atom is -0.103 e. The van der Waals surface area contributed by atoms with Crippen LogP contribution in [-0.2, 0) is 0 Å². The maximum Gasteiger partial charge on any atom is -0.0233 e. The first kappa shape index (κ1) is 9.48. The first-order chi connectivity index (χ1) is 4.63. The Morgan fingerprint density at radius 3 is 1.40 bits per heavy atom. The fourth-order valence-corrected chi connectivity index (χ4v) is 0.908. The van der Waals surface area contributed by atoms with Crippen molar-refractivity contribution in [2.45, 2.75) is 20.8 Å². The molecule has 0 aromatic heterocycles. The van der Waals surface area contributed by atoms with E-state index in [0.29, 0.717) is 17.8 Å². The Hall–Kier alpha value is -0.520. The summed E-state index contributed by atoms with van der Waals surface area (Å²) < 4.78 is 0. The van der Waals surface area contributed by atoms with E-state index in [2.05, 4.69) is 33.9 Å². The van der Waals surface area contributed by atoms with Gasteiger partial charge in [0.1, 0.15) is 0 Å². The molecule has 0 aliphatic carbocycles. The van der Waals surface area contributed by atoms with Crippen LogP contribution in [0.15, 0.2) is 25.3 Å². The maximum absolute atomic E-state index is 3.76. The largest absolute Gasteiger partial charge is 0.103 e. The SMILES string of the molecule is C=CC(C)C(C)C(C)C=C. The summed E-state index contributed by atoms with van der Waals surface area (Å²) in [7, 11) is 0. The molecule has 0 rings (SSSR count). The summed E-state index contributed by atoms with van der Waals surface area (Å²) in [6.45, 7) is 14.1. The molecule has 0 saturated heterocycles. The second-order valence-corrected chi connectivity index (χ2v) is 3.05. The molecule has 0 aliphatic heterocycles. The molecule has 0 heterocycles. The first-order valence-corrected chi connectivity index (χ1v) is 3.88. The minimum absolute atomic E-state index is 0.591. The van der Waals surface area contributed by atoms with Crippen molar-refractivity contribution in [1.29, 1.82) is 0 Å². The van der Waals surface area contributed by atoms with Crippen LogP contribution in [0.5, 0.6) is 0 Å². The molecule has 2 unspecified atom stereocenters. The van der Waals surface area contributed by atoms with Gasteiger partial charge >= 0.3 is 0 Å². The highest BCUT2D eigenvalue weighted by Gasteiger charge is 2.12. The molecule has 58 valence electrons. The van der Waals surface area contributed by atoms with Crippen LogP contribution in [0.3, 0.4) is 0 Å². The van der Waals surface area contributed by atoms with E-state index in [9.17, 15) is 0 Å². The zero-order chi connectivity index (χ0) is 8.15. The highest BCUT2D eigenvalue weighted by Crippen LogP contribution is 2.21. The normalized spacial score (nSPS) is 19.1. The molecule has 0 amide bonds. The molecule has 0 saturated carbocycles. The Balaban J connectivity index is 3.91. The summed E-state index contributed by atoms with van der Waals surface area (Å²) in [5.41, 5.74) is 0. The van der Waals surface area contributed by atoms with Crippen LogP contribution >= 0.6 is 0 Å². The Labute approximate surface area is 64.6 Å². The molecule has 0 bridgehead atoms. The van der Waals surface area contributed by atoms with E-state index < -0.39 is 0 Å². The highest BCUT2D eigenvalue weighted by molar-refractivity contribution is 4.87. The summed E-state index contributed by atoms with van der Waals surface area (Å²) in [5.74, 6) is 1.84. The zero-order valence-electron chi connectivity index (χ0n) is 7.30. The van der Waals surface area contributed by atoms with Crippen molar-refractivity contribution in [3.8, 4) is 0 Å². The first-order valence-electron chi connectivity index (χ1n) is 3.88. The van der Waals surface area contributed by atoms with Crippen LogP contribution in [-0.4, -0.2) is 0 Å². The standard InChI is InChI=1S/C10H18/c1-6-8(3)10(5)9(4)7-2/h6-10H,1-2H2,3-5H3. The molecule has 2 atom stereocenters. The topological polar surface area (TPSA) is 0 Å². The van der Waals surface area contributed by atoms with Gasteiger partial charge in [0.25, 0.3) is 0 Å². The summed E-state index contributed by atoms with van der Waals surface area (Å²) in [4.78, 5) is 0. The third kappa shape index (κ3) is 2.38. The summed E-state index contributed by atoms with van der Waals surface area (Å²) >= 11 is 0. The molecule has 0 radical (unpaired) electrons. The lowest BCUT2D eigenvalue weighted by molar-refractivity contribution is 0.373. The Kier molecular flexibility index (Phi) is 4.10. The predicted molar refractivity (Wildman–Crippen MR) is 47.9 cm³/mol. The molecule has 0 nitrogen and oxygen atoms in total. The van der Waals surface area contributed by atoms with Crippen molar-refractivity contribution in [3.05, 3.63) is 25.3 Å². The number of rotatable bonds is 4. The Bertz CT molecular complexity index is 99.2. The molecule has 0 heteroatoms. The van der Waals surface area contributed by atoms with Crippen LogP contribution in [0.1, 0.15) is 20.8 Å². The van der Waals surface area contributed by atoms with Crippen molar-refractivity contribution < 1.29 is 0 Å². The van der Waals surface area contributed by atoms with Crippen molar-refractivity contribution in [1.82, 2.24) is 0 Å². The van der Waals surface area contributed by atoms with E-state index in [0.717, 1.165) is 0 Å². The van der Waals surface area contributed by atoms with Crippen LogP contribution in [0.4, 0.5) is 0 Å². The van der Waals surface area contributed by atoms with Crippen LogP contribution in [0.25, 0.3) is 0 Å². The molecule has 0 aromatic carbocycles. The number of hydrogen-bond donors (Lipinski definition) is 0. The second-order valence-electron chi connectivity index (χ2n) is 3.05. The van der Waals surface area contributed by atoms with Gasteiger partial charge in [0.2, 0.25) is 0 Å². The van der Waals surface area contributed by atoms with Gasteiger partial charge in [-0.3, -0.25) is 0 Å².